The zero-order valence-electron chi connectivity index (χ0n) is 12.7. The molecule has 0 aliphatic heterocycles. The van der Waals surface area contributed by atoms with Gasteiger partial charge in [-0.25, -0.2) is 4.68 Å². The first-order chi connectivity index (χ1) is 11.0. The van der Waals surface area contributed by atoms with Gasteiger partial charge in [-0.1, -0.05) is 22.9 Å². The van der Waals surface area contributed by atoms with Crippen LogP contribution >= 0.6 is 0 Å². The summed E-state index contributed by atoms with van der Waals surface area (Å²) in [5, 5.41) is 19.4. The van der Waals surface area contributed by atoms with Gasteiger partial charge in [0.15, 0.2) is 0 Å². The van der Waals surface area contributed by atoms with Crippen molar-refractivity contribution in [1.82, 2.24) is 15.0 Å². The molecule has 1 aromatic heterocycles. The zero-order chi connectivity index (χ0) is 16.6. The normalized spacial score (nSPS) is 10.9. The van der Waals surface area contributed by atoms with Crippen LogP contribution in [0.1, 0.15) is 16.7 Å². The van der Waals surface area contributed by atoms with Gasteiger partial charge in [0.1, 0.15) is 5.52 Å². The van der Waals surface area contributed by atoms with Crippen LogP contribution in [0.5, 0.6) is 0 Å². The third-order valence-electron chi connectivity index (χ3n) is 3.74. The maximum atomic E-state index is 12.5. The van der Waals surface area contributed by atoms with Crippen LogP contribution in [0, 0.1) is 24.0 Å². The minimum Gasteiger partial charge on any atom is -0.267 e. The van der Waals surface area contributed by atoms with E-state index in [0.717, 1.165) is 11.1 Å². The van der Waals surface area contributed by atoms with E-state index in [1.807, 2.05) is 19.9 Å². The molecule has 0 saturated carbocycles. The number of fused-ring (bicyclic) bond motifs is 1. The van der Waals surface area contributed by atoms with Gasteiger partial charge < -0.3 is 0 Å². The Morgan fingerprint density at radius 3 is 2.70 bits per heavy atom. The SMILES string of the molecule is Cc1ccc2nnn(Cc3cc([N+](=O)[O-])ccc3C)c(=O)c2c1. The molecule has 7 nitrogen and oxygen atoms in total. The Balaban J connectivity index is 2.09. The van der Waals surface area contributed by atoms with Crippen LogP contribution in [0.4, 0.5) is 5.69 Å². The standard InChI is InChI=1S/C16H14N4O3/c1-10-3-6-15-14(7-10)16(21)19(18-17-15)9-12-8-13(20(22)23)5-4-11(12)2/h3-8H,9H2,1-2H3. The summed E-state index contributed by atoms with van der Waals surface area (Å²) in [6, 6.07) is 9.95. The molecule has 0 aliphatic carbocycles. The highest BCUT2D eigenvalue weighted by atomic mass is 16.6. The van der Waals surface area contributed by atoms with E-state index in [4.69, 9.17) is 0 Å². The molecule has 0 bridgehead atoms. The van der Waals surface area contributed by atoms with Gasteiger partial charge in [-0.3, -0.25) is 14.9 Å². The molecular formula is C16H14N4O3. The first-order valence-electron chi connectivity index (χ1n) is 7.04. The summed E-state index contributed by atoms with van der Waals surface area (Å²) in [5.41, 5.74) is 2.75. The van der Waals surface area contributed by atoms with Crippen LogP contribution in [-0.2, 0) is 6.54 Å². The number of nitrogens with zero attached hydrogens (tertiary/aromatic N) is 4. The molecule has 116 valence electrons. The van der Waals surface area contributed by atoms with Crippen LogP contribution in [0.15, 0.2) is 41.2 Å². The molecule has 0 saturated heterocycles. The summed E-state index contributed by atoms with van der Waals surface area (Å²) in [7, 11) is 0. The molecule has 2 aromatic carbocycles. The average molecular weight is 310 g/mol. The quantitative estimate of drug-likeness (QED) is 0.547. The van der Waals surface area contributed by atoms with E-state index in [2.05, 4.69) is 10.3 Å². The van der Waals surface area contributed by atoms with Crippen LogP contribution in [0.25, 0.3) is 10.9 Å². The Morgan fingerprint density at radius 2 is 1.96 bits per heavy atom. The largest absolute Gasteiger partial charge is 0.277 e. The van der Waals surface area contributed by atoms with Crippen molar-refractivity contribution in [2.24, 2.45) is 0 Å². The number of aryl methyl sites for hydroxylation is 2. The van der Waals surface area contributed by atoms with Crippen molar-refractivity contribution in [3.63, 3.8) is 0 Å². The van der Waals surface area contributed by atoms with E-state index in [9.17, 15) is 14.9 Å². The molecule has 0 N–H and O–H groups in total. The average Bonchev–Trinajstić information content (AvgIpc) is 2.52. The van der Waals surface area contributed by atoms with Gasteiger partial charge in [0, 0.05) is 12.1 Å². The molecule has 0 atom stereocenters. The summed E-state index contributed by atoms with van der Waals surface area (Å²) in [5.74, 6) is 0. The fourth-order valence-corrected chi connectivity index (χ4v) is 2.40. The Morgan fingerprint density at radius 1 is 1.17 bits per heavy atom. The zero-order valence-corrected chi connectivity index (χ0v) is 12.7. The summed E-state index contributed by atoms with van der Waals surface area (Å²) < 4.78 is 1.23. The van der Waals surface area contributed by atoms with Gasteiger partial charge >= 0.3 is 0 Å². The molecule has 0 fully saturated rings. The number of rotatable bonds is 3. The van der Waals surface area contributed by atoms with Crippen molar-refractivity contribution >= 4 is 16.6 Å². The molecule has 0 unspecified atom stereocenters. The monoisotopic (exact) mass is 310 g/mol. The molecule has 0 amide bonds. The van der Waals surface area contributed by atoms with E-state index in [0.29, 0.717) is 16.5 Å². The second-order valence-electron chi connectivity index (χ2n) is 5.44. The number of hydrogen-bond acceptors (Lipinski definition) is 5. The molecule has 7 heteroatoms. The number of nitro groups is 1. The summed E-state index contributed by atoms with van der Waals surface area (Å²) >= 11 is 0. The highest BCUT2D eigenvalue weighted by Gasteiger charge is 2.12. The first-order valence-corrected chi connectivity index (χ1v) is 7.04. The Hall–Kier alpha value is -3.09. The Kier molecular flexibility index (Phi) is 3.61. The third kappa shape index (κ3) is 2.80. The van der Waals surface area contributed by atoms with E-state index in [-0.39, 0.29) is 17.8 Å². The van der Waals surface area contributed by atoms with Crippen molar-refractivity contribution in [2.45, 2.75) is 20.4 Å². The second-order valence-corrected chi connectivity index (χ2v) is 5.44. The maximum absolute atomic E-state index is 12.5. The van der Waals surface area contributed by atoms with E-state index < -0.39 is 4.92 Å². The van der Waals surface area contributed by atoms with Crippen LogP contribution in [0.3, 0.4) is 0 Å². The molecular weight excluding hydrogens is 296 g/mol. The van der Waals surface area contributed by atoms with Gasteiger partial charge in [-0.2, -0.15) is 0 Å². The lowest BCUT2D eigenvalue weighted by Crippen LogP contribution is -2.25. The molecule has 3 rings (SSSR count). The van der Waals surface area contributed by atoms with Gasteiger partial charge in [-0.15, -0.1) is 5.10 Å². The van der Waals surface area contributed by atoms with E-state index in [1.165, 1.54) is 16.8 Å². The first kappa shape index (κ1) is 14.8. The smallest absolute Gasteiger partial charge is 0.267 e. The Labute approximate surface area is 131 Å². The van der Waals surface area contributed by atoms with Crippen LogP contribution in [-0.4, -0.2) is 19.9 Å². The van der Waals surface area contributed by atoms with Gasteiger partial charge in [0.25, 0.3) is 11.2 Å². The highest BCUT2D eigenvalue weighted by Crippen LogP contribution is 2.18. The predicted octanol–water partition coefficient (Wildman–Crippen LogP) is 2.36. The summed E-state index contributed by atoms with van der Waals surface area (Å²) in [4.78, 5) is 23.0. The van der Waals surface area contributed by atoms with Crippen LogP contribution in [0.2, 0.25) is 0 Å². The summed E-state index contributed by atoms with van der Waals surface area (Å²) in [6.45, 7) is 3.88. The fourth-order valence-electron chi connectivity index (χ4n) is 2.40. The fraction of sp³-hybridized carbons (Fsp3) is 0.188. The summed E-state index contributed by atoms with van der Waals surface area (Å²) in [6.07, 6.45) is 0. The third-order valence-corrected chi connectivity index (χ3v) is 3.74. The molecule has 3 aromatic rings. The van der Waals surface area contributed by atoms with Crippen molar-refractivity contribution in [3.8, 4) is 0 Å². The molecule has 23 heavy (non-hydrogen) atoms. The minimum absolute atomic E-state index is 0.0109. The Bertz CT molecular complexity index is 979. The number of benzene rings is 2. The van der Waals surface area contributed by atoms with Gasteiger partial charge in [0.2, 0.25) is 0 Å². The minimum atomic E-state index is -0.457. The van der Waals surface area contributed by atoms with Gasteiger partial charge in [0.05, 0.1) is 16.9 Å². The topological polar surface area (TPSA) is 90.9 Å². The highest BCUT2D eigenvalue weighted by molar-refractivity contribution is 5.77. The number of hydrogen-bond donors (Lipinski definition) is 0. The van der Waals surface area contributed by atoms with E-state index in [1.54, 1.807) is 18.2 Å². The van der Waals surface area contributed by atoms with Crippen molar-refractivity contribution in [3.05, 3.63) is 73.6 Å². The van der Waals surface area contributed by atoms with Crippen molar-refractivity contribution < 1.29 is 4.92 Å². The number of aromatic nitrogens is 3. The number of nitro benzene ring substituents is 1. The lowest BCUT2D eigenvalue weighted by molar-refractivity contribution is -0.384. The molecule has 0 aliphatic rings. The van der Waals surface area contributed by atoms with E-state index >= 15 is 0 Å². The lowest BCUT2D eigenvalue weighted by atomic mass is 10.1. The van der Waals surface area contributed by atoms with Crippen molar-refractivity contribution in [1.29, 1.82) is 0 Å². The van der Waals surface area contributed by atoms with Crippen molar-refractivity contribution in [2.75, 3.05) is 0 Å². The predicted molar refractivity (Wildman–Crippen MR) is 85.5 cm³/mol. The lowest BCUT2D eigenvalue weighted by Gasteiger charge is -2.08. The molecule has 0 radical (unpaired) electrons. The second kappa shape index (κ2) is 5.60. The van der Waals surface area contributed by atoms with Gasteiger partial charge in [-0.05, 0) is 37.1 Å². The van der Waals surface area contributed by atoms with Crippen LogP contribution < -0.4 is 5.56 Å². The number of non-ortho nitro benzene ring substituents is 1. The molecule has 0 spiro atoms. The maximum Gasteiger partial charge on any atom is 0.277 e. The molecule has 1 heterocycles.